The average Bonchev–Trinajstić information content (AvgIpc) is 3.34. The Bertz CT molecular complexity index is 996. The zero-order valence-corrected chi connectivity index (χ0v) is 16.3. The average molecular weight is 399 g/mol. The molecule has 0 N–H and O–H groups in total. The van der Waals surface area contributed by atoms with Crippen molar-refractivity contribution < 1.29 is 18.4 Å². The fourth-order valence-electron chi connectivity index (χ4n) is 3.39. The fraction of sp³-hybridized carbons (Fsp3) is 0.400. The number of halogens is 1. The Kier molecular flexibility index (Phi) is 5.28. The van der Waals surface area contributed by atoms with Crippen molar-refractivity contribution in [2.45, 2.75) is 32.3 Å². The van der Waals surface area contributed by atoms with Crippen LogP contribution in [0, 0.1) is 12.7 Å². The summed E-state index contributed by atoms with van der Waals surface area (Å²) in [5.41, 5.74) is 1.37. The molecule has 2 aromatic heterocycles. The smallest absolute Gasteiger partial charge is 0.274 e. The lowest BCUT2D eigenvalue weighted by atomic mass is 9.97. The van der Waals surface area contributed by atoms with Gasteiger partial charge in [-0.1, -0.05) is 17.3 Å². The van der Waals surface area contributed by atoms with Crippen LogP contribution in [-0.4, -0.2) is 43.8 Å². The van der Waals surface area contributed by atoms with Crippen LogP contribution in [0.3, 0.4) is 0 Å². The molecule has 4 rings (SSSR count). The quantitative estimate of drug-likeness (QED) is 0.656. The zero-order valence-electron chi connectivity index (χ0n) is 16.3. The maximum absolute atomic E-state index is 13.6. The molecule has 1 unspecified atom stereocenters. The highest BCUT2D eigenvalue weighted by Gasteiger charge is 2.29. The molecular formula is C20H22FN5O3. The molecular weight excluding hydrogens is 377 g/mol. The third kappa shape index (κ3) is 4.13. The molecule has 1 aliphatic rings. The number of para-hydroxylation sites is 1. The van der Waals surface area contributed by atoms with Gasteiger partial charge in [-0.15, -0.1) is 0 Å². The second-order valence-electron chi connectivity index (χ2n) is 7.15. The highest BCUT2D eigenvalue weighted by molar-refractivity contribution is 5.92. The van der Waals surface area contributed by atoms with Crippen LogP contribution in [0.15, 0.2) is 34.9 Å². The largest absolute Gasteiger partial charge is 0.481 e. The molecule has 152 valence electrons. The number of piperidine rings is 1. The number of carbonyl (C=O) groups excluding carboxylic acids is 1. The topological polar surface area (TPSA) is 86.3 Å². The number of likely N-dealkylation sites (tertiary alicyclic amines) is 1. The number of ether oxygens (including phenoxy) is 1. The standard InChI is InChI=1S/C20H22FN5O3/c1-13-10-16(23-25(13)2)20(27)26-9-5-6-14(11-26)19-22-18(29-24-19)12-28-17-8-4-3-7-15(17)21/h3-4,7-8,10,14H,5-6,9,11-12H2,1-2H3. The zero-order chi connectivity index (χ0) is 20.4. The van der Waals surface area contributed by atoms with Crippen LogP contribution in [0.2, 0.25) is 0 Å². The van der Waals surface area contributed by atoms with Crippen LogP contribution in [0.5, 0.6) is 5.75 Å². The molecule has 0 bridgehead atoms. The third-order valence-electron chi connectivity index (χ3n) is 5.08. The lowest BCUT2D eigenvalue weighted by molar-refractivity contribution is 0.0697. The molecule has 0 radical (unpaired) electrons. The first-order valence-corrected chi connectivity index (χ1v) is 9.51. The molecule has 3 heterocycles. The van der Waals surface area contributed by atoms with Crippen LogP contribution >= 0.6 is 0 Å². The summed E-state index contributed by atoms with van der Waals surface area (Å²) < 4.78 is 26.0. The third-order valence-corrected chi connectivity index (χ3v) is 5.08. The number of carbonyl (C=O) groups is 1. The molecule has 1 atom stereocenters. The first-order chi connectivity index (χ1) is 14.0. The first kappa shape index (κ1) is 19.1. The predicted molar refractivity (Wildman–Crippen MR) is 101 cm³/mol. The van der Waals surface area contributed by atoms with Crippen molar-refractivity contribution in [2.75, 3.05) is 13.1 Å². The normalized spacial score (nSPS) is 16.8. The van der Waals surface area contributed by atoms with Crippen molar-refractivity contribution in [1.29, 1.82) is 0 Å². The van der Waals surface area contributed by atoms with E-state index >= 15 is 0 Å². The maximum Gasteiger partial charge on any atom is 0.274 e. The minimum Gasteiger partial charge on any atom is -0.481 e. The highest BCUT2D eigenvalue weighted by atomic mass is 19.1. The van der Waals surface area contributed by atoms with E-state index in [0.29, 0.717) is 24.6 Å². The molecule has 0 spiro atoms. The van der Waals surface area contributed by atoms with E-state index in [1.54, 1.807) is 27.8 Å². The van der Waals surface area contributed by atoms with Crippen LogP contribution in [0.4, 0.5) is 4.39 Å². The van der Waals surface area contributed by atoms with E-state index < -0.39 is 5.82 Å². The van der Waals surface area contributed by atoms with Crippen molar-refractivity contribution in [3.63, 3.8) is 0 Å². The van der Waals surface area contributed by atoms with E-state index in [1.165, 1.54) is 12.1 Å². The van der Waals surface area contributed by atoms with Crippen molar-refractivity contribution >= 4 is 5.91 Å². The minimum atomic E-state index is -0.446. The summed E-state index contributed by atoms with van der Waals surface area (Å²) in [4.78, 5) is 18.9. The Hall–Kier alpha value is -3.23. The number of aryl methyl sites for hydroxylation is 2. The summed E-state index contributed by atoms with van der Waals surface area (Å²) in [5.74, 6) is 0.373. The van der Waals surface area contributed by atoms with Crippen LogP contribution < -0.4 is 4.74 Å². The molecule has 1 amide bonds. The van der Waals surface area contributed by atoms with Gasteiger partial charge in [0, 0.05) is 31.7 Å². The van der Waals surface area contributed by atoms with Gasteiger partial charge in [-0.3, -0.25) is 9.48 Å². The monoisotopic (exact) mass is 399 g/mol. The van der Waals surface area contributed by atoms with Crippen molar-refractivity contribution in [3.8, 4) is 5.75 Å². The lowest BCUT2D eigenvalue weighted by Gasteiger charge is -2.30. The summed E-state index contributed by atoms with van der Waals surface area (Å²) in [6.45, 7) is 3.07. The summed E-state index contributed by atoms with van der Waals surface area (Å²) >= 11 is 0. The summed E-state index contributed by atoms with van der Waals surface area (Å²) in [5, 5.41) is 8.32. The molecule has 3 aromatic rings. The molecule has 1 saturated heterocycles. The summed E-state index contributed by atoms with van der Waals surface area (Å²) in [7, 11) is 1.81. The first-order valence-electron chi connectivity index (χ1n) is 9.51. The Morgan fingerprint density at radius 3 is 2.97 bits per heavy atom. The molecule has 1 aromatic carbocycles. The molecule has 1 fully saturated rings. The van der Waals surface area contributed by atoms with Gasteiger partial charge in [-0.25, -0.2) is 4.39 Å². The number of hydrogen-bond acceptors (Lipinski definition) is 6. The van der Waals surface area contributed by atoms with Crippen LogP contribution in [0.25, 0.3) is 0 Å². The second kappa shape index (κ2) is 8.02. The summed E-state index contributed by atoms with van der Waals surface area (Å²) in [6.07, 6.45) is 1.70. The predicted octanol–water partition coefficient (Wildman–Crippen LogP) is 2.85. The van der Waals surface area contributed by atoms with E-state index in [-0.39, 0.29) is 30.1 Å². The van der Waals surface area contributed by atoms with Gasteiger partial charge in [0.05, 0.1) is 0 Å². The SMILES string of the molecule is Cc1cc(C(=O)N2CCCC(c3noc(COc4ccccc4F)n3)C2)nn1C. The second-order valence-corrected chi connectivity index (χ2v) is 7.15. The highest BCUT2D eigenvalue weighted by Crippen LogP contribution is 2.26. The number of nitrogens with zero attached hydrogens (tertiary/aromatic N) is 5. The lowest BCUT2D eigenvalue weighted by Crippen LogP contribution is -2.39. The molecule has 8 nitrogen and oxygen atoms in total. The molecule has 9 heteroatoms. The van der Waals surface area contributed by atoms with Gasteiger partial charge >= 0.3 is 0 Å². The number of amides is 1. The number of hydrogen-bond donors (Lipinski definition) is 0. The van der Waals surface area contributed by atoms with Gasteiger partial charge in [0.15, 0.2) is 29.7 Å². The van der Waals surface area contributed by atoms with Gasteiger partial charge in [0.2, 0.25) is 0 Å². The van der Waals surface area contributed by atoms with E-state index in [4.69, 9.17) is 9.26 Å². The van der Waals surface area contributed by atoms with Crippen LogP contribution in [0.1, 0.15) is 46.7 Å². The Balaban J connectivity index is 1.40. The van der Waals surface area contributed by atoms with Gasteiger partial charge in [0.1, 0.15) is 0 Å². The molecule has 0 saturated carbocycles. The maximum atomic E-state index is 13.6. The molecule has 1 aliphatic heterocycles. The Labute approximate surface area is 167 Å². The summed E-state index contributed by atoms with van der Waals surface area (Å²) in [6, 6.07) is 7.93. The Morgan fingerprint density at radius 2 is 2.21 bits per heavy atom. The van der Waals surface area contributed by atoms with Gasteiger partial charge in [0.25, 0.3) is 11.8 Å². The van der Waals surface area contributed by atoms with E-state index in [1.807, 2.05) is 14.0 Å². The Morgan fingerprint density at radius 1 is 1.38 bits per heavy atom. The van der Waals surface area contributed by atoms with E-state index in [0.717, 1.165) is 18.5 Å². The van der Waals surface area contributed by atoms with Gasteiger partial charge < -0.3 is 14.2 Å². The number of aromatic nitrogens is 4. The van der Waals surface area contributed by atoms with E-state index in [9.17, 15) is 9.18 Å². The minimum absolute atomic E-state index is 0.0174. The molecule has 0 aliphatic carbocycles. The number of rotatable bonds is 5. The van der Waals surface area contributed by atoms with Gasteiger partial charge in [-0.2, -0.15) is 10.1 Å². The fourth-order valence-corrected chi connectivity index (χ4v) is 3.39. The molecule has 29 heavy (non-hydrogen) atoms. The number of benzene rings is 1. The van der Waals surface area contributed by atoms with Crippen LogP contribution in [-0.2, 0) is 13.7 Å². The van der Waals surface area contributed by atoms with Crippen molar-refractivity contribution in [2.24, 2.45) is 7.05 Å². The van der Waals surface area contributed by atoms with E-state index in [2.05, 4.69) is 15.2 Å². The van der Waals surface area contributed by atoms with Gasteiger partial charge in [-0.05, 0) is 38.0 Å². The van der Waals surface area contributed by atoms with Crippen molar-refractivity contribution in [1.82, 2.24) is 24.8 Å². The van der Waals surface area contributed by atoms with Crippen molar-refractivity contribution in [3.05, 3.63) is 59.3 Å².